The largest absolute Gasteiger partial charge is 0.372 e. The minimum Gasteiger partial charge on any atom is -0.372 e. The van der Waals surface area contributed by atoms with Crippen LogP contribution in [-0.2, 0) is 0 Å². The predicted octanol–water partition coefficient (Wildman–Crippen LogP) is 5.71. The molecule has 0 N–H and O–H groups in total. The number of allylic oxidation sites excluding steroid dienone is 1. The molecule has 3 rings (SSSR count). The van der Waals surface area contributed by atoms with Gasteiger partial charge in [-0.05, 0) is 42.0 Å². The summed E-state index contributed by atoms with van der Waals surface area (Å²) in [6, 6.07) is 11.9. The lowest BCUT2D eigenvalue weighted by Crippen LogP contribution is -2.20. The van der Waals surface area contributed by atoms with Gasteiger partial charge in [-0.25, -0.2) is 0 Å². The van der Waals surface area contributed by atoms with Crippen LogP contribution in [0.3, 0.4) is 0 Å². The number of rotatable bonds is 2. The molecule has 0 unspecified atom stereocenters. The average Bonchev–Trinajstić information content (AvgIpc) is 2.68. The van der Waals surface area contributed by atoms with E-state index >= 15 is 0 Å². The van der Waals surface area contributed by atoms with Crippen molar-refractivity contribution in [1.82, 2.24) is 0 Å². The van der Waals surface area contributed by atoms with E-state index in [4.69, 9.17) is 28.2 Å². The lowest BCUT2D eigenvalue weighted by atomic mass is 10.1. The molecule has 2 nitrogen and oxygen atoms in total. The Morgan fingerprint density at radius 2 is 1.91 bits per heavy atom. The minimum atomic E-state index is 0.556. The molecule has 23 heavy (non-hydrogen) atoms. The van der Waals surface area contributed by atoms with E-state index in [2.05, 4.69) is 40.0 Å². The first kappa shape index (κ1) is 16.6. The Labute approximate surface area is 154 Å². The third kappa shape index (κ3) is 3.79. The van der Waals surface area contributed by atoms with E-state index in [-0.39, 0.29) is 0 Å². The Morgan fingerprint density at radius 3 is 2.70 bits per heavy atom. The van der Waals surface area contributed by atoms with Gasteiger partial charge in [0.05, 0.1) is 22.3 Å². The van der Waals surface area contributed by atoms with Gasteiger partial charge in [0, 0.05) is 29.3 Å². The van der Waals surface area contributed by atoms with E-state index in [1.165, 1.54) is 5.69 Å². The van der Waals surface area contributed by atoms with Gasteiger partial charge >= 0.3 is 0 Å². The smallest absolute Gasteiger partial charge is 0.0668 e. The van der Waals surface area contributed by atoms with Crippen molar-refractivity contribution < 1.29 is 0 Å². The van der Waals surface area contributed by atoms with Crippen molar-refractivity contribution in [3.8, 4) is 0 Å². The van der Waals surface area contributed by atoms with Crippen molar-refractivity contribution in [2.75, 3.05) is 25.0 Å². The van der Waals surface area contributed by atoms with Crippen LogP contribution in [0.4, 0.5) is 5.69 Å². The molecule has 0 aliphatic carbocycles. The number of nitrogens with zero attached hydrogens (tertiary/aromatic N) is 2. The maximum Gasteiger partial charge on any atom is 0.0668 e. The standard InChI is InChI=1S/C18H15BrCl2N2/c1-23-9-8-22-17(14-5-4-13(19)11-18(14)23)7-3-12-2-6-15(20)16(21)10-12/h2-7,10-11H,8-9H2,1H3. The van der Waals surface area contributed by atoms with Crippen molar-refractivity contribution in [1.29, 1.82) is 0 Å². The number of hydrogen-bond acceptors (Lipinski definition) is 2. The lowest BCUT2D eigenvalue weighted by molar-refractivity contribution is 0.896. The molecule has 5 heteroatoms. The van der Waals surface area contributed by atoms with Crippen LogP contribution in [-0.4, -0.2) is 25.8 Å². The van der Waals surface area contributed by atoms with Crippen LogP contribution in [0.25, 0.3) is 6.08 Å². The SMILES string of the molecule is CN1CCN=C(C=Cc2ccc(Cl)c(Cl)c2)c2ccc(Br)cc21. The summed E-state index contributed by atoms with van der Waals surface area (Å²) in [6.45, 7) is 1.66. The van der Waals surface area contributed by atoms with Crippen molar-refractivity contribution in [2.45, 2.75) is 0 Å². The summed E-state index contributed by atoms with van der Waals surface area (Å²) >= 11 is 15.6. The summed E-state index contributed by atoms with van der Waals surface area (Å²) in [5, 5.41) is 1.12. The molecule has 0 bridgehead atoms. The average molecular weight is 410 g/mol. The Morgan fingerprint density at radius 1 is 1.09 bits per heavy atom. The molecule has 2 aromatic carbocycles. The molecule has 118 valence electrons. The number of halogens is 3. The van der Waals surface area contributed by atoms with Crippen molar-refractivity contribution in [3.05, 3.63) is 68.1 Å². The molecule has 0 saturated heterocycles. The number of benzodiazepines with no additional fused rings is 1. The predicted molar refractivity (Wildman–Crippen MR) is 104 cm³/mol. The molecule has 0 radical (unpaired) electrons. The van der Waals surface area contributed by atoms with Gasteiger partial charge in [0.1, 0.15) is 0 Å². The molecule has 1 aliphatic rings. The van der Waals surface area contributed by atoms with E-state index in [9.17, 15) is 0 Å². The molecule has 0 aromatic heterocycles. The second kappa shape index (κ2) is 7.08. The highest BCUT2D eigenvalue weighted by Crippen LogP contribution is 2.28. The first-order chi connectivity index (χ1) is 11.0. The third-order valence-electron chi connectivity index (χ3n) is 3.74. The summed E-state index contributed by atoms with van der Waals surface area (Å²) < 4.78 is 1.07. The van der Waals surface area contributed by atoms with Crippen LogP contribution >= 0.6 is 39.1 Å². The first-order valence-corrected chi connectivity index (χ1v) is 8.78. The Balaban J connectivity index is 1.96. The highest BCUT2D eigenvalue weighted by atomic mass is 79.9. The van der Waals surface area contributed by atoms with Crippen LogP contribution in [0.15, 0.2) is 51.9 Å². The summed E-state index contributed by atoms with van der Waals surface area (Å²) in [4.78, 5) is 6.94. The van der Waals surface area contributed by atoms with Crippen molar-refractivity contribution in [3.63, 3.8) is 0 Å². The molecule has 1 aliphatic heterocycles. The number of likely N-dealkylation sites (N-methyl/N-ethyl adjacent to an activating group) is 1. The minimum absolute atomic E-state index is 0.556. The number of aliphatic imine (C=N–C) groups is 1. The molecule has 0 fully saturated rings. The highest BCUT2D eigenvalue weighted by molar-refractivity contribution is 9.10. The van der Waals surface area contributed by atoms with E-state index in [0.29, 0.717) is 10.0 Å². The topological polar surface area (TPSA) is 15.6 Å². The van der Waals surface area contributed by atoms with Gasteiger partial charge in [0.2, 0.25) is 0 Å². The summed E-state index contributed by atoms with van der Waals surface area (Å²) in [7, 11) is 2.09. The second-order valence-corrected chi connectivity index (χ2v) is 7.09. The van der Waals surface area contributed by atoms with Crippen LogP contribution in [0.5, 0.6) is 0 Å². The Hall–Kier alpha value is -1.29. The van der Waals surface area contributed by atoms with Gasteiger partial charge in [-0.3, -0.25) is 4.99 Å². The molecule has 0 amide bonds. The Bertz CT molecular complexity index is 800. The zero-order chi connectivity index (χ0) is 16.4. The molecule has 0 spiro atoms. The zero-order valence-corrected chi connectivity index (χ0v) is 15.7. The fraction of sp³-hybridized carbons (Fsp3) is 0.167. The van der Waals surface area contributed by atoms with Gasteiger partial charge in [-0.2, -0.15) is 0 Å². The summed E-state index contributed by atoms with van der Waals surface area (Å²) in [6.07, 6.45) is 4.05. The van der Waals surface area contributed by atoms with Crippen LogP contribution in [0.2, 0.25) is 10.0 Å². The summed E-state index contributed by atoms with van der Waals surface area (Å²) in [5.41, 5.74) is 4.28. The number of benzene rings is 2. The molecule has 0 atom stereocenters. The van der Waals surface area contributed by atoms with Gasteiger partial charge in [0.15, 0.2) is 0 Å². The quantitative estimate of drug-likeness (QED) is 0.620. The van der Waals surface area contributed by atoms with Gasteiger partial charge < -0.3 is 4.90 Å². The number of fused-ring (bicyclic) bond motifs is 1. The monoisotopic (exact) mass is 408 g/mol. The fourth-order valence-electron chi connectivity index (χ4n) is 2.50. The molecular formula is C18H15BrCl2N2. The molecule has 1 heterocycles. The highest BCUT2D eigenvalue weighted by Gasteiger charge is 2.14. The van der Waals surface area contributed by atoms with E-state index in [1.807, 2.05) is 30.4 Å². The van der Waals surface area contributed by atoms with E-state index in [0.717, 1.165) is 34.4 Å². The number of hydrogen-bond donors (Lipinski definition) is 0. The maximum atomic E-state index is 6.07. The van der Waals surface area contributed by atoms with E-state index in [1.54, 1.807) is 6.07 Å². The van der Waals surface area contributed by atoms with Crippen molar-refractivity contribution >= 4 is 56.6 Å². The van der Waals surface area contributed by atoms with Crippen LogP contribution in [0.1, 0.15) is 11.1 Å². The third-order valence-corrected chi connectivity index (χ3v) is 4.97. The first-order valence-electron chi connectivity index (χ1n) is 7.23. The number of anilines is 1. The van der Waals surface area contributed by atoms with Crippen LogP contribution in [0, 0.1) is 0 Å². The van der Waals surface area contributed by atoms with Gasteiger partial charge in [-0.15, -0.1) is 0 Å². The lowest BCUT2D eigenvalue weighted by Gasteiger charge is -2.19. The fourth-order valence-corrected chi connectivity index (χ4v) is 3.15. The maximum absolute atomic E-state index is 6.07. The van der Waals surface area contributed by atoms with Crippen LogP contribution < -0.4 is 4.90 Å². The zero-order valence-electron chi connectivity index (χ0n) is 12.6. The van der Waals surface area contributed by atoms with Gasteiger partial charge in [0.25, 0.3) is 0 Å². The van der Waals surface area contributed by atoms with Crippen molar-refractivity contribution in [2.24, 2.45) is 4.99 Å². The summed E-state index contributed by atoms with van der Waals surface area (Å²) in [5.74, 6) is 0. The normalized spacial score (nSPS) is 14.6. The van der Waals surface area contributed by atoms with E-state index < -0.39 is 0 Å². The second-order valence-electron chi connectivity index (χ2n) is 5.36. The molecule has 2 aromatic rings. The van der Waals surface area contributed by atoms with Gasteiger partial charge in [-0.1, -0.05) is 51.3 Å². The Kier molecular flexibility index (Phi) is 5.10. The molecular weight excluding hydrogens is 395 g/mol. The molecule has 0 saturated carbocycles.